The molecule has 7 aromatic rings. The van der Waals surface area contributed by atoms with Crippen LogP contribution in [0.1, 0.15) is 93.3 Å². The molecule has 1 heteroatoms. The molecule has 0 fully saturated rings. The van der Waals surface area contributed by atoms with Crippen molar-refractivity contribution < 1.29 is 0 Å². The third-order valence-corrected chi connectivity index (χ3v) is 10.8. The SMILES string of the molecule is C=C(C)C.C=C(N=C(C)c1ccccc1)c1cccc(-c2cccc(-c3ccccc3)c2)c1.CC.CC1=CC(C)C(c2ccccc2C)C=C1c1ccccc1C.Cc1ccccc1. The van der Waals surface area contributed by atoms with Crippen LogP contribution in [-0.2, 0) is 0 Å². The Kier molecular flexibility index (Phi) is 20.2. The summed E-state index contributed by atoms with van der Waals surface area (Å²) in [5.41, 5.74) is 19.5. The van der Waals surface area contributed by atoms with Crippen molar-refractivity contribution in [3.63, 3.8) is 0 Å². The number of benzene rings is 7. The molecule has 0 saturated heterocycles. The van der Waals surface area contributed by atoms with Gasteiger partial charge in [0.05, 0.1) is 5.70 Å². The molecule has 0 radical (unpaired) electrons. The van der Waals surface area contributed by atoms with Crippen molar-refractivity contribution in [3.05, 3.63) is 263 Å². The molecule has 0 spiro atoms. The van der Waals surface area contributed by atoms with Crippen molar-refractivity contribution in [1.29, 1.82) is 0 Å². The maximum absolute atomic E-state index is 4.74. The van der Waals surface area contributed by atoms with Gasteiger partial charge in [0, 0.05) is 17.2 Å². The van der Waals surface area contributed by atoms with E-state index in [0.717, 1.165) is 28.1 Å². The monoisotopic (exact) mass is 840 g/mol. The van der Waals surface area contributed by atoms with Gasteiger partial charge in [-0.1, -0.05) is 227 Å². The van der Waals surface area contributed by atoms with Crippen molar-refractivity contribution >= 4 is 17.0 Å². The average molecular weight is 840 g/mol. The smallest absolute Gasteiger partial charge is 0.0633 e. The third-order valence-electron chi connectivity index (χ3n) is 10.8. The number of aliphatic imine (C=N–C) groups is 1. The molecular formula is C63H69N. The van der Waals surface area contributed by atoms with Gasteiger partial charge in [0.1, 0.15) is 0 Å². The summed E-state index contributed by atoms with van der Waals surface area (Å²) in [7, 11) is 0. The first-order valence-electron chi connectivity index (χ1n) is 22.6. The van der Waals surface area contributed by atoms with Gasteiger partial charge in [-0.15, -0.1) is 6.58 Å². The minimum absolute atomic E-state index is 0.458. The molecule has 8 rings (SSSR count). The van der Waals surface area contributed by atoms with Gasteiger partial charge in [0.2, 0.25) is 0 Å². The highest BCUT2D eigenvalue weighted by Gasteiger charge is 2.23. The summed E-state index contributed by atoms with van der Waals surface area (Å²) in [6, 6.07) is 65.4. The number of rotatable bonds is 7. The second-order valence-corrected chi connectivity index (χ2v) is 16.4. The lowest BCUT2D eigenvalue weighted by molar-refractivity contribution is 0.630. The first kappa shape index (κ1) is 49.8. The Morgan fingerprint density at radius 1 is 0.469 bits per heavy atom. The number of nitrogens with zero attached hydrogens (tertiary/aromatic N) is 1. The van der Waals surface area contributed by atoms with Crippen molar-refractivity contribution in [3.8, 4) is 22.3 Å². The lowest BCUT2D eigenvalue weighted by Crippen LogP contribution is -2.12. The van der Waals surface area contributed by atoms with Crippen LogP contribution in [0.5, 0.6) is 0 Å². The highest BCUT2D eigenvalue weighted by atomic mass is 14.7. The van der Waals surface area contributed by atoms with Gasteiger partial charge in [-0.2, -0.15) is 0 Å². The summed E-state index contributed by atoms with van der Waals surface area (Å²) in [5.74, 6) is 0.994. The standard InChI is InChI=1S/C28H23N.C22H24.C7H8.C4H8.C2H6/c1-21(23-11-5-3-6-12-23)29-22(2)25-15-9-17-27(19-25)28-18-10-16-26(20-28)24-13-7-4-8-14-24;1-15-9-5-7-11-19(15)21-14-22(18(4)13-17(21)3)20-12-8-6-10-16(20)2;1-7-5-3-2-4-6-7;1-4(2)3;1-2/h3-20H,2H2,1H3;5-14,17,21H,1-4H3;2-6H,1H3;1H2,2-3H3;1-2H3. The Balaban J connectivity index is 0.000000224. The van der Waals surface area contributed by atoms with Gasteiger partial charge in [-0.3, -0.25) is 4.99 Å². The third kappa shape index (κ3) is 15.2. The molecule has 0 aromatic heterocycles. The van der Waals surface area contributed by atoms with Crippen LogP contribution in [-0.4, -0.2) is 5.71 Å². The van der Waals surface area contributed by atoms with Crippen molar-refractivity contribution in [2.75, 3.05) is 0 Å². The largest absolute Gasteiger partial charge is 0.253 e. The maximum atomic E-state index is 4.74. The van der Waals surface area contributed by atoms with Gasteiger partial charge >= 0.3 is 0 Å². The van der Waals surface area contributed by atoms with Crippen LogP contribution in [0.2, 0.25) is 0 Å². The summed E-state index contributed by atoms with van der Waals surface area (Å²) in [4.78, 5) is 4.74. The molecule has 0 amide bonds. The summed E-state index contributed by atoms with van der Waals surface area (Å²) >= 11 is 0. The van der Waals surface area contributed by atoms with Crippen LogP contribution in [0.15, 0.2) is 230 Å². The van der Waals surface area contributed by atoms with Crippen LogP contribution >= 0.6 is 0 Å². The topological polar surface area (TPSA) is 12.4 Å². The Morgan fingerprint density at radius 3 is 1.48 bits per heavy atom. The lowest BCUT2D eigenvalue weighted by atomic mass is 9.76. The first-order chi connectivity index (χ1) is 30.9. The van der Waals surface area contributed by atoms with E-state index in [9.17, 15) is 0 Å². The molecule has 2 atom stereocenters. The summed E-state index contributed by atoms with van der Waals surface area (Å²) in [6.45, 7) is 28.8. The fourth-order valence-electron chi connectivity index (χ4n) is 7.49. The molecule has 1 aliphatic rings. The number of aryl methyl sites for hydroxylation is 3. The van der Waals surface area contributed by atoms with Gasteiger partial charge in [0.25, 0.3) is 0 Å². The Hall–Kier alpha value is -6.83. The van der Waals surface area contributed by atoms with Crippen molar-refractivity contribution in [2.45, 2.75) is 75.2 Å². The van der Waals surface area contributed by atoms with Crippen LogP contribution in [0.4, 0.5) is 0 Å². The van der Waals surface area contributed by atoms with Gasteiger partial charge in [-0.25, -0.2) is 0 Å². The highest BCUT2D eigenvalue weighted by molar-refractivity contribution is 6.01. The fourth-order valence-corrected chi connectivity index (χ4v) is 7.49. The van der Waals surface area contributed by atoms with Crippen molar-refractivity contribution in [2.24, 2.45) is 10.9 Å². The highest BCUT2D eigenvalue weighted by Crippen LogP contribution is 2.40. The predicted octanol–water partition coefficient (Wildman–Crippen LogP) is 18.2. The molecule has 0 saturated carbocycles. The van der Waals surface area contributed by atoms with E-state index in [1.807, 2.05) is 77.1 Å². The van der Waals surface area contributed by atoms with E-state index in [-0.39, 0.29) is 0 Å². The van der Waals surface area contributed by atoms with Gasteiger partial charge < -0.3 is 0 Å². The number of allylic oxidation sites excluding steroid dienone is 5. The molecule has 0 heterocycles. The average Bonchev–Trinajstić information content (AvgIpc) is 3.31. The number of hydrogen-bond acceptors (Lipinski definition) is 1. The van der Waals surface area contributed by atoms with E-state index in [1.54, 1.807) is 0 Å². The number of hydrogen-bond donors (Lipinski definition) is 0. The first-order valence-corrected chi connectivity index (χ1v) is 22.6. The van der Waals surface area contributed by atoms with Gasteiger partial charge in [0.15, 0.2) is 0 Å². The van der Waals surface area contributed by atoms with E-state index in [4.69, 9.17) is 4.99 Å². The second-order valence-electron chi connectivity index (χ2n) is 16.4. The molecule has 64 heavy (non-hydrogen) atoms. The van der Waals surface area contributed by atoms with E-state index < -0.39 is 0 Å². The Bertz CT molecular complexity index is 2620. The van der Waals surface area contributed by atoms with Crippen LogP contribution < -0.4 is 0 Å². The quantitative estimate of drug-likeness (QED) is 0.112. The minimum atomic E-state index is 0.458. The van der Waals surface area contributed by atoms with Crippen LogP contribution in [0.3, 0.4) is 0 Å². The van der Waals surface area contributed by atoms with Crippen LogP contribution in [0.25, 0.3) is 33.5 Å². The molecular weight excluding hydrogens is 771 g/mol. The lowest BCUT2D eigenvalue weighted by Gasteiger charge is -2.28. The molecule has 7 aromatic carbocycles. The molecule has 1 aliphatic carbocycles. The predicted molar refractivity (Wildman–Crippen MR) is 284 cm³/mol. The molecule has 1 nitrogen and oxygen atoms in total. The van der Waals surface area contributed by atoms with Crippen molar-refractivity contribution in [1.82, 2.24) is 0 Å². The molecule has 326 valence electrons. The summed E-state index contributed by atoms with van der Waals surface area (Å²) in [6.07, 6.45) is 4.91. The molecule has 0 aliphatic heterocycles. The zero-order valence-electron chi connectivity index (χ0n) is 40.1. The van der Waals surface area contributed by atoms with Crippen LogP contribution in [0, 0.1) is 26.7 Å². The minimum Gasteiger partial charge on any atom is -0.253 e. The van der Waals surface area contributed by atoms with E-state index >= 15 is 0 Å². The second kappa shape index (κ2) is 25.9. The fraction of sp³-hybridized carbons (Fsp3) is 0.190. The normalized spacial score (nSPS) is 13.9. The van der Waals surface area contributed by atoms with E-state index in [0.29, 0.717) is 11.8 Å². The molecule has 0 bridgehead atoms. The zero-order chi connectivity index (χ0) is 46.4. The Labute approximate surface area is 387 Å². The zero-order valence-corrected chi connectivity index (χ0v) is 40.1. The summed E-state index contributed by atoms with van der Waals surface area (Å²) in [5, 5.41) is 0. The summed E-state index contributed by atoms with van der Waals surface area (Å²) < 4.78 is 0. The van der Waals surface area contributed by atoms with Gasteiger partial charge in [-0.05, 0) is 128 Å². The Morgan fingerprint density at radius 2 is 0.922 bits per heavy atom. The molecule has 0 N–H and O–H groups in total. The van der Waals surface area contributed by atoms with E-state index in [2.05, 4.69) is 206 Å². The maximum Gasteiger partial charge on any atom is 0.0633 e. The molecule has 2 unspecified atom stereocenters. The van der Waals surface area contributed by atoms with E-state index in [1.165, 1.54) is 61.2 Å².